The van der Waals surface area contributed by atoms with Crippen molar-refractivity contribution in [3.05, 3.63) is 30.3 Å². The van der Waals surface area contributed by atoms with Gasteiger partial charge < -0.3 is 8.74 Å². The van der Waals surface area contributed by atoms with E-state index in [4.69, 9.17) is 0 Å². The molecule has 0 N–H and O–H groups in total. The Morgan fingerprint density at radius 2 is 1.82 bits per heavy atom. The van der Waals surface area contributed by atoms with Crippen LogP contribution in [0.4, 0.5) is 0 Å². The van der Waals surface area contributed by atoms with Crippen molar-refractivity contribution in [1.82, 2.24) is 0 Å². The topological polar surface area (TPSA) is 49.4 Å². The van der Waals surface area contributed by atoms with E-state index in [1.54, 1.807) is 30.3 Å². The van der Waals surface area contributed by atoms with Gasteiger partial charge in [0.1, 0.15) is 17.1 Å². The molecule has 3 nitrogen and oxygen atoms in total. The largest absolute Gasteiger partial charge is 0.740 e. The normalized spacial score (nSPS) is 11.4. The molecule has 0 spiro atoms. The fourth-order valence-electron chi connectivity index (χ4n) is 0.555. The van der Waals surface area contributed by atoms with Gasteiger partial charge in [0.25, 0.3) is 0 Å². The van der Waals surface area contributed by atoms with E-state index in [1.165, 1.54) is 0 Å². The molecule has 0 aliphatic carbocycles. The molecule has 0 aromatic heterocycles. The summed E-state index contributed by atoms with van der Waals surface area (Å²) in [5, 5.41) is 0. The van der Waals surface area contributed by atoms with E-state index in [9.17, 15) is 8.76 Å². The van der Waals surface area contributed by atoms with Gasteiger partial charge in [-0.15, -0.1) is 0 Å². The molecular weight excluding hydrogens is 216 g/mol. The Labute approximate surface area is 77.7 Å². The van der Waals surface area contributed by atoms with E-state index < -0.39 is 11.4 Å². The molecule has 1 unspecified atom stereocenters. The molecule has 1 rings (SSSR count). The maximum Gasteiger partial charge on any atom is 0.139 e. The minimum Gasteiger partial charge on any atom is -0.740 e. The zero-order valence-electron chi connectivity index (χ0n) is 5.32. The van der Waals surface area contributed by atoms with Gasteiger partial charge in [0, 0.05) is 17.1 Å². The van der Waals surface area contributed by atoms with E-state index in [2.05, 4.69) is 4.18 Å². The summed E-state index contributed by atoms with van der Waals surface area (Å²) in [6.45, 7) is 0. The molecule has 0 bridgehead atoms. The van der Waals surface area contributed by atoms with Crippen molar-refractivity contribution in [2.45, 2.75) is 0 Å². The summed E-state index contributed by atoms with van der Waals surface area (Å²) in [6.07, 6.45) is 0. The van der Waals surface area contributed by atoms with Crippen LogP contribution >= 0.6 is 0 Å². The Kier molecular flexibility index (Phi) is 5.15. The maximum absolute atomic E-state index is 9.95. The van der Waals surface area contributed by atoms with Crippen LogP contribution in [0.15, 0.2) is 30.3 Å². The molecule has 11 heavy (non-hydrogen) atoms. The molecule has 1 radical (unpaired) electrons. The number of hydrogen-bond acceptors (Lipinski definition) is 3. The van der Waals surface area contributed by atoms with Gasteiger partial charge in [-0.2, -0.15) is 0 Å². The number of hydrogen-bond donors (Lipinski definition) is 0. The average Bonchev–Trinajstić information content (AvgIpc) is 1.88. The first-order valence-corrected chi connectivity index (χ1v) is 3.61. The van der Waals surface area contributed by atoms with Gasteiger partial charge in [-0.05, 0) is 12.1 Å². The van der Waals surface area contributed by atoms with Crippen molar-refractivity contribution >= 4 is 11.4 Å². The second-order valence-electron chi connectivity index (χ2n) is 1.60. The average molecular weight is 221 g/mol. The summed E-state index contributed by atoms with van der Waals surface area (Å²) < 4.78 is 24.2. The van der Waals surface area contributed by atoms with Crippen molar-refractivity contribution in [3.63, 3.8) is 0 Å². The van der Waals surface area contributed by atoms with Gasteiger partial charge in [0.05, 0.1) is 0 Å². The first kappa shape index (κ1) is 10.6. The summed E-state index contributed by atoms with van der Waals surface area (Å²) in [7, 11) is 0. The third-order valence-electron chi connectivity index (χ3n) is 0.907. The Bertz CT molecular complexity index is 227. The molecule has 5 heteroatoms. The van der Waals surface area contributed by atoms with Crippen LogP contribution in [-0.4, -0.2) is 8.76 Å². The molecule has 0 amide bonds. The van der Waals surface area contributed by atoms with Gasteiger partial charge in [-0.3, -0.25) is 0 Å². The Morgan fingerprint density at radius 3 is 2.27 bits per heavy atom. The van der Waals surface area contributed by atoms with Gasteiger partial charge in [0.2, 0.25) is 0 Å². The predicted octanol–water partition coefficient (Wildman–Crippen LogP) is 0.857. The minimum atomic E-state index is -2.47. The van der Waals surface area contributed by atoms with Crippen LogP contribution in [0.2, 0.25) is 0 Å². The first-order valence-electron chi connectivity index (χ1n) is 2.61. The standard InChI is InChI=1S/C6H6O3S.Cu/c7-10(8)9-6-4-2-1-3-5-6;/h1-5H,(H,7,8);/p-1. The second-order valence-corrected chi connectivity index (χ2v) is 2.18. The molecular formula is C6H5CuO3S-. The molecule has 0 fully saturated rings. The Hall–Kier alpha value is -0.351. The zero-order chi connectivity index (χ0) is 7.40. The van der Waals surface area contributed by atoms with Crippen LogP contribution in [0.1, 0.15) is 0 Å². The predicted molar refractivity (Wildman–Crippen MR) is 36.0 cm³/mol. The monoisotopic (exact) mass is 220 g/mol. The molecule has 0 saturated heterocycles. The smallest absolute Gasteiger partial charge is 0.139 e. The maximum atomic E-state index is 9.95. The SMILES string of the molecule is O=S([O-])Oc1ccccc1.[Cu]. The summed E-state index contributed by atoms with van der Waals surface area (Å²) in [5.41, 5.74) is 0. The second kappa shape index (κ2) is 5.32. The van der Waals surface area contributed by atoms with Crippen molar-refractivity contribution in [1.29, 1.82) is 0 Å². The van der Waals surface area contributed by atoms with Crippen LogP contribution in [-0.2, 0) is 28.4 Å². The number of para-hydroxylation sites is 1. The summed E-state index contributed by atoms with van der Waals surface area (Å²) >= 11 is -2.47. The van der Waals surface area contributed by atoms with Crippen LogP contribution in [0.25, 0.3) is 0 Å². The van der Waals surface area contributed by atoms with E-state index in [-0.39, 0.29) is 17.1 Å². The van der Waals surface area contributed by atoms with Crippen molar-refractivity contribution in [2.24, 2.45) is 0 Å². The van der Waals surface area contributed by atoms with E-state index in [0.29, 0.717) is 5.75 Å². The van der Waals surface area contributed by atoms with Crippen molar-refractivity contribution in [3.8, 4) is 5.75 Å². The minimum absolute atomic E-state index is 0. The molecule has 0 saturated carbocycles. The van der Waals surface area contributed by atoms with E-state index in [1.807, 2.05) is 0 Å². The molecule has 0 aliphatic rings. The van der Waals surface area contributed by atoms with E-state index >= 15 is 0 Å². The van der Waals surface area contributed by atoms with Crippen LogP contribution < -0.4 is 4.18 Å². The molecule has 1 aromatic carbocycles. The fourth-order valence-corrected chi connectivity index (χ4v) is 0.823. The molecule has 0 aliphatic heterocycles. The third-order valence-corrected chi connectivity index (χ3v) is 1.24. The van der Waals surface area contributed by atoms with Gasteiger partial charge in [-0.25, -0.2) is 4.21 Å². The van der Waals surface area contributed by atoms with Crippen LogP contribution in [0, 0.1) is 0 Å². The van der Waals surface area contributed by atoms with Gasteiger partial charge >= 0.3 is 0 Å². The Balaban J connectivity index is 0.000001000. The van der Waals surface area contributed by atoms with E-state index in [0.717, 1.165) is 0 Å². The first-order chi connectivity index (χ1) is 4.79. The van der Waals surface area contributed by atoms with Crippen LogP contribution in [0.5, 0.6) is 5.75 Å². The number of rotatable bonds is 2. The quantitative estimate of drug-likeness (QED) is 0.549. The van der Waals surface area contributed by atoms with Gasteiger partial charge in [-0.1, -0.05) is 18.2 Å². The van der Waals surface area contributed by atoms with Crippen molar-refractivity contribution in [2.75, 3.05) is 0 Å². The molecule has 65 valence electrons. The van der Waals surface area contributed by atoms with Crippen molar-refractivity contribution < 1.29 is 30.0 Å². The summed E-state index contributed by atoms with van der Waals surface area (Å²) in [6, 6.07) is 8.30. The molecule has 0 heterocycles. The summed E-state index contributed by atoms with van der Waals surface area (Å²) in [5.74, 6) is 0.329. The number of benzene rings is 1. The zero-order valence-corrected chi connectivity index (χ0v) is 7.08. The third kappa shape index (κ3) is 4.16. The van der Waals surface area contributed by atoms with Gasteiger partial charge in [0.15, 0.2) is 0 Å². The Morgan fingerprint density at radius 1 is 1.27 bits per heavy atom. The molecule has 1 atom stereocenters. The van der Waals surface area contributed by atoms with Crippen LogP contribution in [0.3, 0.4) is 0 Å². The molecule has 1 aromatic rings. The summed E-state index contributed by atoms with van der Waals surface area (Å²) in [4.78, 5) is 0. The fraction of sp³-hybridized carbons (Fsp3) is 0.